The summed E-state index contributed by atoms with van der Waals surface area (Å²) in [6, 6.07) is 21.7. The van der Waals surface area contributed by atoms with Crippen LogP contribution < -0.4 is 14.8 Å². The van der Waals surface area contributed by atoms with Crippen molar-refractivity contribution in [3.8, 4) is 17.2 Å². The molecule has 2 amide bonds. The Kier molecular flexibility index (Phi) is 11.5. The van der Waals surface area contributed by atoms with E-state index in [-0.39, 0.29) is 36.6 Å². The van der Waals surface area contributed by atoms with E-state index in [2.05, 4.69) is 10.2 Å². The molecule has 242 valence electrons. The number of likely N-dealkylation sites (N-methyl/N-ethyl adjacent to an activating group) is 1. The van der Waals surface area contributed by atoms with E-state index < -0.39 is 31.0 Å². The van der Waals surface area contributed by atoms with Gasteiger partial charge < -0.3 is 24.8 Å². The number of para-hydroxylation sites is 1. The number of nitrogens with zero attached hydrogens (tertiary/aromatic N) is 2. The molecule has 0 fully saturated rings. The number of nitrogens with one attached hydrogen (secondary N) is 1. The Hall–Kier alpha value is -4.09. The highest BCUT2D eigenvalue weighted by atomic mass is 19.4. The van der Waals surface area contributed by atoms with Crippen LogP contribution >= 0.6 is 0 Å². The van der Waals surface area contributed by atoms with E-state index in [0.29, 0.717) is 30.9 Å². The number of carbonyl (C=O) groups excluding carboxylic acids is 2. The fourth-order valence-electron chi connectivity index (χ4n) is 5.17. The number of amides is 2. The van der Waals surface area contributed by atoms with Gasteiger partial charge in [-0.25, -0.2) is 0 Å². The molecule has 8 nitrogen and oxygen atoms in total. The van der Waals surface area contributed by atoms with Crippen molar-refractivity contribution < 1.29 is 37.3 Å². The Morgan fingerprint density at radius 2 is 1.80 bits per heavy atom. The normalized spacial score (nSPS) is 17.9. The maximum atomic E-state index is 13.4. The molecule has 1 aliphatic heterocycles. The number of hydrogen-bond acceptors (Lipinski definition) is 6. The van der Waals surface area contributed by atoms with Crippen molar-refractivity contribution in [3.63, 3.8) is 0 Å². The minimum absolute atomic E-state index is 0.0569. The van der Waals surface area contributed by atoms with Crippen molar-refractivity contribution in [2.45, 2.75) is 58.0 Å². The molecule has 0 saturated carbocycles. The zero-order chi connectivity index (χ0) is 32.6. The Bertz CT molecular complexity index is 1420. The third-order valence-electron chi connectivity index (χ3n) is 7.68. The van der Waals surface area contributed by atoms with E-state index in [1.807, 2.05) is 68.6 Å². The molecule has 0 aromatic heterocycles. The lowest BCUT2D eigenvalue weighted by molar-refractivity contribution is -0.142. The number of aliphatic hydroxyl groups excluding tert-OH is 1. The minimum Gasteiger partial charge on any atom is -0.488 e. The molecule has 0 bridgehead atoms. The molecule has 3 aromatic carbocycles. The van der Waals surface area contributed by atoms with Crippen LogP contribution in [-0.2, 0) is 22.6 Å². The van der Waals surface area contributed by atoms with Crippen molar-refractivity contribution in [1.82, 2.24) is 9.80 Å². The van der Waals surface area contributed by atoms with Crippen LogP contribution in [0.25, 0.3) is 0 Å². The number of carbonyl (C=O) groups is 2. The number of anilines is 1. The van der Waals surface area contributed by atoms with Gasteiger partial charge in [0.2, 0.25) is 11.8 Å². The Morgan fingerprint density at radius 1 is 1.11 bits per heavy atom. The molecular formula is C34H40F3N3O5. The number of fused-ring (bicyclic) bond motifs is 1. The molecule has 3 aromatic rings. The first-order chi connectivity index (χ1) is 21.4. The fraction of sp³-hybridized carbons (Fsp3) is 0.412. The average Bonchev–Trinajstić information content (AvgIpc) is 3.04. The van der Waals surface area contributed by atoms with Crippen LogP contribution in [-0.4, -0.2) is 71.8 Å². The maximum Gasteiger partial charge on any atom is 0.389 e. The quantitative estimate of drug-likeness (QED) is 0.270. The number of halogens is 3. The van der Waals surface area contributed by atoms with Gasteiger partial charge in [0, 0.05) is 43.2 Å². The number of ether oxygens (including phenoxy) is 2. The molecule has 0 unspecified atom stereocenters. The molecule has 0 spiro atoms. The lowest BCUT2D eigenvalue weighted by atomic mass is 10.0. The SMILES string of the molecule is C[C@@H]1CN([C@@H](C)CO)C(=O)Cc2cc(NC(=O)CCC(F)(F)F)ccc2O[C@@H]1CN(C)Cc1ccc(Oc2ccccc2)cc1. The Morgan fingerprint density at radius 3 is 2.47 bits per heavy atom. The summed E-state index contributed by atoms with van der Waals surface area (Å²) in [6.45, 7) is 5.07. The summed E-state index contributed by atoms with van der Waals surface area (Å²) in [7, 11) is 1.98. The van der Waals surface area contributed by atoms with E-state index >= 15 is 0 Å². The van der Waals surface area contributed by atoms with E-state index in [9.17, 15) is 27.9 Å². The molecule has 3 atom stereocenters. The summed E-state index contributed by atoms with van der Waals surface area (Å²) in [5.41, 5.74) is 1.85. The second-order valence-electron chi connectivity index (χ2n) is 11.6. The van der Waals surface area contributed by atoms with Crippen LogP contribution in [0.5, 0.6) is 17.2 Å². The largest absolute Gasteiger partial charge is 0.488 e. The van der Waals surface area contributed by atoms with Gasteiger partial charge in [-0.1, -0.05) is 37.3 Å². The van der Waals surface area contributed by atoms with E-state index in [1.165, 1.54) is 0 Å². The fourth-order valence-corrected chi connectivity index (χ4v) is 5.17. The smallest absolute Gasteiger partial charge is 0.389 e. The predicted molar refractivity (Wildman–Crippen MR) is 165 cm³/mol. The highest BCUT2D eigenvalue weighted by molar-refractivity contribution is 5.91. The van der Waals surface area contributed by atoms with Crippen LogP contribution in [0.2, 0.25) is 0 Å². The van der Waals surface area contributed by atoms with Crippen LogP contribution in [0.3, 0.4) is 0 Å². The van der Waals surface area contributed by atoms with Crippen LogP contribution in [0.1, 0.15) is 37.8 Å². The van der Waals surface area contributed by atoms with Gasteiger partial charge in [0.1, 0.15) is 23.4 Å². The van der Waals surface area contributed by atoms with Gasteiger partial charge >= 0.3 is 6.18 Å². The third kappa shape index (κ3) is 10.2. The summed E-state index contributed by atoms with van der Waals surface area (Å²) in [4.78, 5) is 29.3. The predicted octanol–water partition coefficient (Wildman–Crippen LogP) is 6.04. The first-order valence-electron chi connectivity index (χ1n) is 15.0. The third-order valence-corrected chi connectivity index (χ3v) is 7.68. The van der Waals surface area contributed by atoms with E-state index in [0.717, 1.165) is 17.1 Å². The molecule has 0 radical (unpaired) electrons. The molecule has 2 N–H and O–H groups in total. The molecule has 45 heavy (non-hydrogen) atoms. The molecule has 11 heteroatoms. The van der Waals surface area contributed by atoms with Crippen LogP contribution in [0.4, 0.5) is 18.9 Å². The molecule has 4 rings (SSSR count). The minimum atomic E-state index is -4.44. The maximum absolute atomic E-state index is 13.4. The van der Waals surface area contributed by atoms with Gasteiger partial charge in [-0.3, -0.25) is 14.5 Å². The topological polar surface area (TPSA) is 91.3 Å². The van der Waals surface area contributed by atoms with Crippen molar-refractivity contribution in [2.24, 2.45) is 5.92 Å². The Balaban J connectivity index is 1.49. The summed E-state index contributed by atoms with van der Waals surface area (Å²) < 4.78 is 50.2. The van der Waals surface area contributed by atoms with Gasteiger partial charge in [-0.05, 0) is 62.0 Å². The van der Waals surface area contributed by atoms with E-state index in [4.69, 9.17) is 9.47 Å². The lowest BCUT2D eigenvalue weighted by Crippen LogP contribution is -2.47. The van der Waals surface area contributed by atoms with Gasteiger partial charge in [0.15, 0.2) is 0 Å². The molecule has 0 aliphatic carbocycles. The summed E-state index contributed by atoms with van der Waals surface area (Å²) in [5, 5.41) is 12.4. The van der Waals surface area contributed by atoms with Crippen molar-refractivity contribution in [3.05, 3.63) is 83.9 Å². The van der Waals surface area contributed by atoms with Crippen molar-refractivity contribution in [2.75, 3.05) is 32.1 Å². The van der Waals surface area contributed by atoms with Crippen LogP contribution in [0.15, 0.2) is 72.8 Å². The standard InChI is InChI=1S/C34H40F3N3O5/c1-23-19-40(24(2)22-41)33(43)18-26-17-27(38-32(42)15-16-34(35,36)37)11-14-30(26)45-31(23)21-39(3)20-25-9-12-29(13-10-25)44-28-7-5-4-6-8-28/h4-14,17,23-24,31,41H,15-16,18-22H2,1-3H3,(H,38,42)/t23-,24+,31-/m1/s1. The molecule has 0 saturated heterocycles. The number of hydrogen-bond donors (Lipinski definition) is 2. The number of aliphatic hydroxyl groups is 1. The number of alkyl halides is 3. The summed E-state index contributed by atoms with van der Waals surface area (Å²) in [6.07, 6.45) is -6.77. The van der Waals surface area contributed by atoms with Crippen molar-refractivity contribution in [1.29, 1.82) is 0 Å². The first-order valence-corrected chi connectivity index (χ1v) is 15.0. The highest BCUT2D eigenvalue weighted by Gasteiger charge is 2.31. The average molecular weight is 628 g/mol. The first kappa shape index (κ1) is 33.8. The molecule has 1 heterocycles. The number of rotatable bonds is 11. The summed E-state index contributed by atoms with van der Waals surface area (Å²) >= 11 is 0. The van der Waals surface area contributed by atoms with Gasteiger partial charge in [0.25, 0.3) is 0 Å². The van der Waals surface area contributed by atoms with Gasteiger partial charge in [0.05, 0.1) is 25.5 Å². The van der Waals surface area contributed by atoms with Gasteiger partial charge in [-0.15, -0.1) is 0 Å². The summed E-state index contributed by atoms with van der Waals surface area (Å²) in [5.74, 6) is 0.846. The number of benzene rings is 3. The second kappa shape index (κ2) is 15.3. The Labute approximate surface area is 261 Å². The van der Waals surface area contributed by atoms with E-state index in [1.54, 1.807) is 30.0 Å². The zero-order valence-electron chi connectivity index (χ0n) is 25.7. The molecule has 1 aliphatic rings. The molecular weight excluding hydrogens is 587 g/mol. The van der Waals surface area contributed by atoms with Gasteiger partial charge in [-0.2, -0.15) is 13.2 Å². The second-order valence-corrected chi connectivity index (χ2v) is 11.6. The highest BCUT2D eigenvalue weighted by Crippen LogP contribution is 2.30. The zero-order valence-corrected chi connectivity index (χ0v) is 25.7. The lowest BCUT2D eigenvalue weighted by Gasteiger charge is -2.34. The monoisotopic (exact) mass is 627 g/mol. The van der Waals surface area contributed by atoms with Crippen molar-refractivity contribution >= 4 is 17.5 Å². The van der Waals surface area contributed by atoms with Crippen LogP contribution in [0, 0.1) is 5.92 Å².